The molecule has 0 aromatic carbocycles. The Bertz CT molecular complexity index is 677. The maximum absolute atomic E-state index is 12.6. The molecule has 1 N–H and O–H groups in total. The first-order valence-electron chi connectivity index (χ1n) is 5.87. The van der Waals surface area contributed by atoms with Gasteiger partial charge in [-0.05, 0) is 19.0 Å². The number of nitrogens with one attached hydrogen (secondary N) is 1. The highest BCUT2D eigenvalue weighted by Crippen LogP contribution is 2.22. The number of aromatic nitrogens is 3. The van der Waals surface area contributed by atoms with Crippen LogP contribution in [0.25, 0.3) is 5.52 Å². The van der Waals surface area contributed by atoms with Gasteiger partial charge in [-0.15, -0.1) is 0 Å². The van der Waals surface area contributed by atoms with E-state index in [4.69, 9.17) is 11.6 Å². The zero-order valence-corrected chi connectivity index (χ0v) is 10.6. The van der Waals surface area contributed by atoms with Crippen LogP contribution in [0.5, 0.6) is 0 Å². The second kappa shape index (κ2) is 4.57. The molecule has 5 nitrogen and oxygen atoms in total. The third-order valence-corrected chi connectivity index (χ3v) is 3.51. The summed E-state index contributed by atoms with van der Waals surface area (Å²) < 4.78 is 27.7. The second-order valence-electron chi connectivity index (χ2n) is 4.42. The van der Waals surface area contributed by atoms with E-state index in [1.807, 2.05) is 0 Å². The predicted octanol–water partition coefficient (Wildman–Crippen LogP) is 1.45. The Morgan fingerprint density at radius 1 is 1.58 bits per heavy atom. The first-order valence-corrected chi connectivity index (χ1v) is 6.25. The molecule has 1 atom stereocenters. The van der Waals surface area contributed by atoms with Gasteiger partial charge in [0, 0.05) is 6.20 Å². The lowest BCUT2D eigenvalue weighted by Gasteiger charge is -2.28. The van der Waals surface area contributed by atoms with Crippen molar-refractivity contribution in [3.8, 4) is 0 Å². The van der Waals surface area contributed by atoms with Crippen molar-refractivity contribution in [1.29, 1.82) is 0 Å². The van der Waals surface area contributed by atoms with Crippen molar-refractivity contribution in [2.24, 2.45) is 0 Å². The molecule has 0 amide bonds. The first-order chi connectivity index (χ1) is 9.08. The van der Waals surface area contributed by atoms with Crippen LogP contribution in [0.3, 0.4) is 0 Å². The van der Waals surface area contributed by atoms with Crippen molar-refractivity contribution in [2.45, 2.75) is 25.4 Å². The van der Waals surface area contributed by atoms with Gasteiger partial charge >= 0.3 is 0 Å². The minimum atomic E-state index is -2.62. The Morgan fingerprint density at radius 2 is 2.32 bits per heavy atom. The molecule has 1 aliphatic rings. The molecule has 102 valence electrons. The molecule has 3 rings (SSSR count). The summed E-state index contributed by atoms with van der Waals surface area (Å²) >= 11 is 5.89. The predicted molar refractivity (Wildman–Crippen MR) is 65.8 cm³/mol. The van der Waals surface area contributed by atoms with Gasteiger partial charge in [0.05, 0.1) is 17.6 Å². The summed E-state index contributed by atoms with van der Waals surface area (Å²) in [6, 6.07) is 1.37. The fourth-order valence-corrected chi connectivity index (χ4v) is 2.38. The summed E-state index contributed by atoms with van der Waals surface area (Å²) in [6.45, 7) is 0.122. The van der Waals surface area contributed by atoms with Gasteiger partial charge in [0.2, 0.25) is 0 Å². The molecule has 2 aromatic rings. The van der Waals surface area contributed by atoms with Crippen LogP contribution in [0.4, 0.5) is 8.78 Å². The van der Waals surface area contributed by atoms with Crippen LogP contribution in [0.15, 0.2) is 17.1 Å². The van der Waals surface area contributed by atoms with E-state index in [0.29, 0.717) is 5.82 Å². The van der Waals surface area contributed by atoms with Crippen molar-refractivity contribution in [1.82, 2.24) is 19.5 Å². The smallest absolute Gasteiger partial charge is 0.279 e. The molecule has 0 bridgehead atoms. The van der Waals surface area contributed by atoms with E-state index in [1.165, 1.54) is 10.6 Å². The number of hydrogen-bond acceptors (Lipinski definition) is 3. The highest BCUT2D eigenvalue weighted by Gasteiger charge is 2.27. The van der Waals surface area contributed by atoms with Gasteiger partial charge in [-0.1, -0.05) is 11.6 Å². The SMILES string of the molecule is O=c1c2c(Cl)ccn2nc([C@@H]2CCN2)n1CC(F)F. The topological polar surface area (TPSA) is 51.3 Å². The fourth-order valence-electron chi connectivity index (χ4n) is 2.16. The lowest BCUT2D eigenvalue weighted by Crippen LogP contribution is -2.41. The number of hydrogen-bond donors (Lipinski definition) is 1. The number of halogens is 3. The molecule has 19 heavy (non-hydrogen) atoms. The van der Waals surface area contributed by atoms with E-state index in [9.17, 15) is 13.6 Å². The number of nitrogens with zero attached hydrogens (tertiary/aromatic N) is 3. The molecular weight excluding hydrogens is 278 g/mol. The van der Waals surface area contributed by atoms with Gasteiger partial charge in [-0.25, -0.2) is 13.3 Å². The Labute approximate surface area is 111 Å². The van der Waals surface area contributed by atoms with E-state index in [0.717, 1.165) is 17.5 Å². The summed E-state index contributed by atoms with van der Waals surface area (Å²) in [7, 11) is 0. The molecule has 2 aromatic heterocycles. The summed E-state index contributed by atoms with van der Waals surface area (Å²) in [4.78, 5) is 12.3. The van der Waals surface area contributed by atoms with Gasteiger partial charge in [0.15, 0.2) is 0 Å². The second-order valence-corrected chi connectivity index (χ2v) is 4.82. The van der Waals surface area contributed by atoms with Crippen molar-refractivity contribution in [3.63, 3.8) is 0 Å². The van der Waals surface area contributed by atoms with Crippen LogP contribution in [0.1, 0.15) is 18.3 Å². The first kappa shape index (κ1) is 12.6. The van der Waals surface area contributed by atoms with Gasteiger partial charge in [-0.3, -0.25) is 9.36 Å². The quantitative estimate of drug-likeness (QED) is 0.930. The number of fused-ring (bicyclic) bond motifs is 1. The van der Waals surface area contributed by atoms with Crippen LogP contribution in [-0.2, 0) is 6.54 Å². The molecule has 0 unspecified atom stereocenters. The molecule has 1 aliphatic heterocycles. The van der Waals surface area contributed by atoms with Gasteiger partial charge in [-0.2, -0.15) is 5.10 Å². The highest BCUT2D eigenvalue weighted by atomic mass is 35.5. The molecule has 1 fully saturated rings. The molecule has 3 heterocycles. The highest BCUT2D eigenvalue weighted by molar-refractivity contribution is 6.33. The summed E-state index contributed by atoms with van der Waals surface area (Å²) in [5.41, 5.74) is -0.403. The normalized spacial score (nSPS) is 19.1. The molecule has 0 spiro atoms. The fraction of sp³-hybridized carbons (Fsp3) is 0.455. The average molecular weight is 289 g/mol. The van der Waals surface area contributed by atoms with E-state index in [2.05, 4.69) is 10.4 Å². The van der Waals surface area contributed by atoms with Gasteiger partial charge < -0.3 is 5.32 Å². The van der Waals surface area contributed by atoms with E-state index in [1.54, 1.807) is 6.20 Å². The van der Waals surface area contributed by atoms with Crippen LogP contribution in [0, 0.1) is 0 Å². The van der Waals surface area contributed by atoms with E-state index < -0.39 is 18.5 Å². The standard InChI is InChI=1S/C11H11ClF2N4O/c12-6-2-4-18-9(6)11(19)17(5-8(13)14)10(16-18)7-1-3-15-7/h2,4,7-8,15H,1,3,5H2/t7-/m0/s1. The molecule has 8 heteroatoms. The molecule has 0 radical (unpaired) electrons. The zero-order valence-electron chi connectivity index (χ0n) is 9.81. The average Bonchev–Trinajstić information content (AvgIpc) is 2.63. The van der Waals surface area contributed by atoms with Crippen LogP contribution in [0.2, 0.25) is 5.02 Å². The summed E-state index contributed by atoms with van der Waals surface area (Å²) in [6.07, 6.45) is -0.293. The molecule has 0 saturated carbocycles. The Balaban J connectivity index is 2.24. The largest absolute Gasteiger partial charge is 0.307 e. The molecule has 0 aliphatic carbocycles. The van der Waals surface area contributed by atoms with Crippen molar-refractivity contribution >= 4 is 17.1 Å². The molecular formula is C11H11ClF2N4O. The Morgan fingerprint density at radius 3 is 2.89 bits per heavy atom. The Hall–Kier alpha value is -1.47. The molecule has 1 saturated heterocycles. The monoisotopic (exact) mass is 288 g/mol. The summed E-state index contributed by atoms with van der Waals surface area (Å²) in [5.74, 6) is 0.330. The van der Waals surface area contributed by atoms with E-state index >= 15 is 0 Å². The lowest BCUT2D eigenvalue weighted by atomic mass is 10.1. The van der Waals surface area contributed by atoms with Gasteiger partial charge in [0.1, 0.15) is 11.3 Å². The number of rotatable bonds is 3. The number of alkyl halides is 2. The summed E-state index contributed by atoms with van der Waals surface area (Å²) in [5, 5.41) is 7.51. The zero-order chi connectivity index (χ0) is 13.6. The van der Waals surface area contributed by atoms with Crippen molar-refractivity contribution in [2.75, 3.05) is 6.54 Å². The van der Waals surface area contributed by atoms with Crippen LogP contribution in [-0.4, -0.2) is 27.2 Å². The Kier molecular flexibility index (Phi) is 3.02. The van der Waals surface area contributed by atoms with Crippen LogP contribution < -0.4 is 10.9 Å². The van der Waals surface area contributed by atoms with Crippen molar-refractivity contribution in [3.05, 3.63) is 33.5 Å². The third-order valence-electron chi connectivity index (χ3n) is 3.21. The lowest BCUT2D eigenvalue weighted by molar-refractivity contribution is 0.121. The minimum Gasteiger partial charge on any atom is -0.307 e. The third kappa shape index (κ3) is 2.02. The van der Waals surface area contributed by atoms with Gasteiger partial charge in [0.25, 0.3) is 12.0 Å². The van der Waals surface area contributed by atoms with E-state index in [-0.39, 0.29) is 16.6 Å². The minimum absolute atomic E-state index is 0.130. The maximum atomic E-state index is 12.6. The maximum Gasteiger partial charge on any atom is 0.279 e. The van der Waals surface area contributed by atoms with Crippen molar-refractivity contribution < 1.29 is 8.78 Å². The van der Waals surface area contributed by atoms with Crippen LogP contribution >= 0.6 is 11.6 Å².